The van der Waals surface area contributed by atoms with Gasteiger partial charge in [0.2, 0.25) is 0 Å². The highest BCUT2D eigenvalue weighted by Crippen LogP contribution is 2.28. The number of hydrogen-bond acceptors (Lipinski definition) is 4. The predicted octanol–water partition coefficient (Wildman–Crippen LogP) is 4.49. The number of benzene rings is 3. The monoisotopic (exact) mass is 412 g/mol. The second-order valence-electron chi connectivity index (χ2n) is 5.96. The Hall–Kier alpha value is -2.77. The molecule has 0 atom stereocenters. The van der Waals surface area contributed by atoms with E-state index in [1.54, 1.807) is 42.5 Å². The minimum atomic E-state index is -3.78. The number of thioether (sulfide) groups is 1. The molecule has 3 aromatic rings. The highest BCUT2D eigenvalue weighted by Gasteiger charge is 2.25. The quantitative estimate of drug-likeness (QED) is 0.606. The van der Waals surface area contributed by atoms with E-state index in [9.17, 15) is 13.2 Å². The summed E-state index contributed by atoms with van der Waals surface area (Å²) in [4.78, 5) is 14.0. The fraction of sp³-hybridized carbons (Fsp3) is 0.0952. The van der Waals surface area contributed by atoms with Crippen molar-refractivity contribution in [1.82, 2.24) is 0 Å². The van der Waals surface area contributed by atoms with Gasteiger partial charge >= 0.3 is 0 Å². The Morgan fingerprint density at radius 2 is 1.50 bits per heavy atom. The summed E-state index contributed by atoms with van der Waals surface area (Å²) in [5.41, 5.74) is 1.27. The summed E-state index contributed by atoms with van der Waals surface area (Å²) in [6.45, 7) is 0. The van der Waals surface area contributed by atoms with Crippen molar-refractivity contribution in [3.05, 3.63) is 84.4 Å². The molecule has 0 bridgehead atoms. The predicted molar refractivity (Wildman–Crippen MR) is 115 cm³/mol. The van der Waals surface area contributed by atoms with Crippen molar-refractivity contribution in [2.24, 2.45) is 0 Å². The van der Waals surface area contributed by atoms with Gasteiger partial charge in [-0.3, -0.25) is 9.10 Å². The van der Waals surface area contributed by atoms with Crippen LogP contribution in [0, 0.1) is 0 Å². The first-order chi connectivity index (χ1) is 13.4. The van der Waals surface area contributed by atoms with Crippen LogP contribution < -0.4 is 9.62 Å². The maximum atomic E-state index is 13.0. The standard InChI is InChI=1S/C21H20N2O3S2/c1-23(28(25,26)16-10-4-3-5-11-16)19-14-8-6-12-17(19)21(24)22-18-13-7-9-15-20(18)27-2/h3-15H,1-2H3,(H,22,24). The number of carbonyl (C=O) groups excluding carboxylic acids is 1. The molecule has 7 heteroatoms. The first-order valence-corrected chi connectivity index (χ1v) is 11.2. The largest absolute Gasteiger partial charge is 0.321 e. The molecule has 0 heterocycles. The lowest BCUT2D eigenvalue weighted by molar-refractivity contribution is 0.102. The lowest BCUT2D eigenvalue weighted by Crippen LogP contribution is -2.29. The van der Waals surface area contributed by atoms with Gasteiger partial charge in [0.1, 0.15) is 0 Å². The van der Waals surface area contributed by atoms with Crippen molar-refractivity contribution >= 4 is 39.1 Å². The minimum Gasteiger partial charge on any atom is -0.321 e. The van der Waals surface area contributed by atoms with Crippen LogP contribution in [0.25, 0.3) is 0 Å². The minimum absolute atomic E-state index is 0.167. The molecule has 3 rings (SSSR count). The number of anilines is 2. The summed E-state index contributed by atoms with van der Waals surface area (Å²) in [7, 11) is -2.34. The third-order valence-electron chi connectivity index (χ3n) is 4.24. The number of sulfonamides is 1. The molecule has 0 aliphatic heterocycles. The maximum Gasteiger partial charge on any atom is 0.264 e. The zero-order valence-corrected chi connectivity index (χ0v) is 17.1. The maximum absolute atomic E-state index is 13.0. The van der Waals surface area contributed by atoms with E-state index in [1.807, 2.05) is 30.5 Å². The number of rotatable bonds is 6. The molecule has 0 spiro atoms. The number of nitrogens with zero attached hydrogens (tertiary/aromatic N) is 1. The summed E-state index contributed by atoms with van der Waals surface area (Å²) in [5, 5.41) is 2.88. The highest BCUT2D eigenvalue weighted by molar-refractivity contribution is 7.98. The average Bonchev–Trinajstić information content (AvgIpc) is 2.74. The molecule has 1 amide bonds. The van der Waals surface area contributed by atoms with E-state index in [0.29, 0.717) is 11.4 Å². The van der Waals surface area contributed by atoms with Gasteiger partial charge < -0.3 is 5.32 Å². The summed E-state index contributed by atoms with van der Waals surface area (Å²) < 4.78 is 27.1. The number of nitrogens with one attached hydrogen (secondary N) is 1. The molecular weight excluding hydrogens is 392 g/mol. The third kappa shape index (κ3) is 4.05. The fourth-order valence-electron chi connectivity index (χ4n) is 2.76. The lowest BCUT2D eigenvalue weighted by Gasteiger charge is -2.22. The van der Waals surface area contributed by atoms with Crippen LogP contribution >= 0.6 is 11.8 Å². The SMILES string of the molecule is CSc1ccccc1NC(=O)c1ccccc1N(C)S(=O)(=O)c1ccccc1. The lowest BCUT2D eigenvalue weighted by atomic mass is 10.1. The topological polar surface area (TPSA) is 66.5 Å². The molecule has 0 saturated heterocycles. The van der Waals surface area contributed by atoms with Crippen LogP contribution in [-0.2, 0) is 10.0 Å². The number of para-hydroxylation sites is 2. The van der Waals surface area contributed by atoms with E-state index in [1.165, 1.54) is 30.9 Å². The van der Waals surface area contributed by atoms with Gasteiger partial charge in [0.15, 0.2) is 0 Å². The normalized spacial score (nSPS) is 11.1. The van der Waals surface area contributed by atoms with Crippen LogP contribution in [0.15, 0.2) is 88.7 Å². The summed E-state index contributed by atoms with van der Waals surface area (Å²) in [5.74, 6) is -0.368. The first kappa shape index (κ1) is 20.0. The Morgan fingerprint density at radius 3 is 2.21 bits per heavy atom. The van der Waals surface area contributed by atoms with E-state index >= 15 is 0 Å². The Morgan fingerprint density at radius 1 is 0.893 bits per heavy atom. The van der Waals surface area contributed by atoms with Gasteiger partial charge in [-0.25, -0.2) is 8.42 Å². The zero-order valence-electron chi connectivity index (χ0n) is 15.5. The van der Waals surface area contributed by atoms with Crippen molar-refractivity contribution in [3.8, 4) is 0 Å². The average molecular weight is 413 g/mol. The van der Waals surface area contributed by atoms with Crippen LogP contribution in [-0.4, -0.2) is 27.6 Å². The van der Waals surface area contributed by atoms with Gasteiger partial charge in [-0.15, -0.1) is 11.8 Å². The van der Waals surface area contributed by atoms with Gasteiger partial charge in [0, 0.05) is 11.9 Å². The van der Waals surface area contributed by atoms with Crippen LogP contribution in [0.2, 0.25) is 0 Å². The van der Waals surface area contributed by atoms with E-state index in [2.05, 4.69) is 5.32 Å². The van der Waals surface area contributed by atoms with Gasteiger partial charge in [-0.1, -0.05) is 42.5 Å². The van der Waals surface area contributed by atoms with E-state index in [4.69, 9.17) is 0 Å². The Labute approximate surface area is 169 Å². The molecule has 28 heavy (non-hydrogen) atoms. The van der Waals surface area contributed by atoms with Gasteiger partial charge in [0.25, 0.3) is 15.9 Å². The molecule has 0 radical (unpaired) electrons. The summed E-state index contributed by atoms with van der Waals surface area (Å²) in [6, 6.07) is 22.3. The van der Waals surface area contributed by atoms with E-state index in [0.717, 1.165) is 9.20 Å². The molecule has 1 N–H and O–H groups in total. The Kier molecular flexibility index (Phi) is 6.06. The molecule has 0 aliphatic carbocycles. The van der Waals surface area contributed by atoms with Crippen molar-refractivity contribution in [3.63, 3.8) is 0 Å². The molecular formula is C21H20N2O3S2. The van der Waals surface area contributed by atoms with Gasteiger partial charge in [-0.05, 0) is 42.7 Å². The van der Waals surface area contributed by atoms with Crippen LogP contribution in [0.1, 0.15) is 10.4 Å². The van der Waals surface area contributed by atoms with Crippen molar-refractivity contribution < 1.29 is 13.2 Å². The Bertz CT molecular complexity index is 1080. The van der Waals surface area contributed by atoms with Crippen LogP contribution in [0.5, 0.6) is 0 Å². The summed E-state index contributed by atoms with van der Waals surface area (Å²) >= 11 is 1.52. The summed E-state index contributed by atoms with van der Waals surface area (Å²) in [6.07, 6.45) is 1.93. The van der Waals surface area contributed by atoms with Crippen molar-refractivity contribution in [2.45, 2.75) is 9.79 Å². The molecule has 3 aromatic carbocycles. The smallest absolute Gasteiger partial charge is 0.264 e. The number of carbonyl (C=O) groups is 1. The fourth-order valence-corrected chi connectivity index (χ4v) is 4.55. The molecule has 5 nitrogen and oxygen atoms in total. The molecule has 0 aromatic heterocycles. The first-order valence-electron chi connectivity index (χ1n) is 8.52. The number of hydrogen-bond donors (Lipinski definition) is 1. The van der Waals surface area contributed by atoms with Crippen LogP contribution in [0.4, 0.5) is 11.4 Å². The third-order valence-corrected chi connectivity index (χ3v) is 6.83. The van der Waals surface area contributed by atoms with Crippen molar-refractivity contribution in [1.29, 1.82) is 0 Å². The van der Waals surface area contributed by atoms with Crippen LogP contribution in [0.3, 0.4) is 0 Å². The molecule has 0 unspecified atom stereocenters. The molecule has 0 fully saturated rings. The Balaban J connectivity index is 1.96. The highest BCUT2D eigenvalue weighted by atomic mass is 32.2. The van der Waals surface area contributed by atoms with Gasteiger partial charge in [-0.2, -0.15) is 0 Å². The van der Waals surface area contributed by atoms with Crippen molar-refractivity contribution in [2.75, 3.05) is 22.9 Å². The number of amides is 1. The molecule has 0 aliphatic rings. The van der Waals surface area contributed by atoms with Gasteiger partial charge in [0.05, 0.1) is 21.8 Å². The van der Waals surface area contributed by atoms with E-state index in [-0.39, 0.29) is 16.4 Å². The second kappa shape index (κ2) is 8.50. The molecule has 0 saturated carbocycles. The zero-order chi connectivity index (χ0) is 20.1. The van der Waals surface area contributed by atoms with E-state index < -0.39 is 10.0 Å². The molecule has 144 valence electrons. The second-order valence-corrected chi connectivity index (χ2v) is 8.77.